The third-order valence-corrected chi connectivity index (χ3v) is 8.99. The number of hydrogen-bond acceptors (Lipinski definition) is 11. The second-order valence-corrected chi connectivity index (χ2v) is 12.1. The average molecular weight is 684 g/mol. The van der Waals surface area contributed by atoms with Crippen molar-refractivity contribution in [2.45, 2.75) is 18.8 Å². The summed E-state index contributed by atoms with van der Waals surface area (Å²) in [5.74, 6) is 5.52. The first-order valence-electron chi connectivity index (χ1n) is 16.1. The van der Waals surface area contributed by atoms with E-state index in [0.717, 1.165) is 16.6 Å². The highest BCUT2D eigenvalue weighted by Crippen LogP contribution is 2.36. The first-order valence-corrected chi connectivity index (χ1v) is 16.1. The van der Waals surface area contributed by atoms with E-state index >= 15 is 0 Å². The number of imide groups is 1. The number of furan rings is 1. The van der Waals surface area contributed by atoms with E-state index in [1.165, 1.54) is 10.8 Å². The van der Waals surface area contributed by atoms with Crippen LogP contribution >= 0.6 is 0 Å². The third-order valence-electron chi connectivity index (χ3n) is 8.99. The standard InChI is InChI=1S/C36H29N9O6/c1-43-27-15-21(18-40-32(27)44(2)36(43)49)45-13-14-50-35-28(45)19-39-31(42-35)20-8-10-26(38-17-20)34(48)37-12-4-5-22-16-25-23(6-3-7-29(25)51-22)24-9-11-30(46)41-33(24)47/h3,6-8,10,15-19,24H,9,11-14H2,1-2H3,(H,37,48)(H,41,46,47). The number of rotatable bonds is 5. The number of benzene rings is 1. The number of carbonyl (C=O) groups is 3. The fraction of sp³-hybridized carbons (Fsp3) is 0.222. The number of hydrogen-bond donors (Lipinski definition) is 2. The van der Waals surface area contributed by atoms with E-state index < -0.39 is 11.8 Å². The Labute approximate surface area is 289 Å². The van der Waals surface area contributed by atoms with Gasteiger partial charge < -0.3 is 19.4 Å². The van der Waals surface area contributed by atoms with Crippen molar-refractivity contribution in [1.29, 1.82) is 0 Å². The molecule has 0 radical (unpaired) electrons. The molecule has 1 saturated heterocycles. The molecule has 15 heteroatoms. The molecule has 1 unspecified atom stereocenters. The van der Waals surface area contributed by atoms with Crippen LogP contribution in [0.1, 0.15) is 40.6 Å². The Kier molecular flexibility index (Phi) is 7.75. The normalized spacial score (nSPS) is 15.6. The minimum atomic E-state index is -0.445. The van der Waals surface area contributed by atoms with Gasteiger partial charge in [-0.25, -0.2) is 14.8 Å². The maximum absolute atomic E-state index is 12.8. The second kappa shape index (κ2) is 12.6. The van der Waals surface area contributed by atoms with Crippen LogP contribution in [-0.4, -0.2) is 66.5 Å². The molecule has 51 heavy (non-hydrogen) atoms. The van der Waals surface area contributed by atoms with Crippen LogP contribution in [0.5, 0.6) is 5.88 Å². The number of fused-ring (bicyclic) bond motifs is 3. The van der Waals surface area contributed by atoms with Gasteiger partial charge in [-0.2, -0.15) is 4.98 Å². The molecule has 5 aromatic heterocycles. The molecular formula is C36H29N9O6. The lowest BCUT2D eigenvalue weighted by Gasteiger charge is -2.30. The first-order chi connectivity index (χ1) is 24.7. The summed E-state index contributed by atoms with van der Waals surface area (Å²) in [7, 11) is 3.40. The van der Waals surface area contributed by atoms with Gasteiger partial charge >= 0.3 is 5.69 Å². The highest BCUT2D eigenvalue weighted by molar-refractivity contribution is 6.02. The predicted molar refractivity (Wildman–Crippen MR) is 184 cm³/mol. The highest BCUT2D eigenvalue weighted by atomic mass is 16.5. The molecule has 1 aromatic carbocycles. The minimum Gasteiger partial charge on any atom is -0.474 e. The van der Waals surface area contributed by atoms with E-state index in [0.29, 0.717) is 65.0 Å². The molecule has 0 spiro atoms. The Hall–Kier alpha value is -6.82. The van der Waals surface area contributed by atoms with E-state index in [2.05, 4.69) is 42.4 Å². The largest absolute Gasteiger partial charge is 0.474 e. The molecule has 254 valence electrons. The number of amides is 3. The number of piperidine rings is 1. The van der Waals surface area contributed by atoms with Gasteiger partial charge in [-0.1, -0.05) is 18.1 Å². The van der Waals surface area contributed by atoms with Crippen LogP contribution in [0, 0.1) is 11.8 Å². The maximum atomic E-state index is 12.8. The number of ether oxygens (including phenoxy) is 1. The number of pyridine rings is 2. The number of nitrogens with one attached hydrogen (secondary N) is 2. The van der Waals surface area contributed by atoms with Crippen molar-refractivity contribution >= 4 is 51.2 Å². The predicted octanol–water partition coefficient (Wildman–Crippen LogP) is 2.70. The molecule has 0 saturated carbocycles. The van der Waals surface area contributed by atoms with E-state index in [1.807, 2.05) is 17.0 Å². The lowest BCUT2D eigenvalue weighted by molar-refractivity contribution is -0.134. The molecule has 2 aliphatic heterocycles. The molecule has 0 bridgehead atoms. The summed E-state index contributed by atoms with van der Waals surface area (Å²) >= 11 is 0. The Morgan fingerprint density at radius 2 is 1.92 bits per heavy atom. The van der Waals surface area contributed by atoms with E-state index in [-0.39, 0.29) is 36.2 Å². The summed E-state index contributed by atoms with van der Waals surface area (Å²) < 4.78 is 14.8. The van der Waals surface area contributed by atoms with Gasteiger partial charge in [0.15, 0.2) is 17.2 Å². The monoisotopic (exact) mass is 683 g/mol. The van der Waals surface area contributed by atoms with Crippen LogP contribution in [0.3, 0.4) is 0 Å². The molecule has 3 amide bonds. The highest BCUT2D eigenvalue weighted by Gasteiger charge is 2.30. The van der Waals surface area contributed by atoms with E-state index in [4.69, 9.17) is 9.15 Å². The lowest BCUT2D eigenvalue weighted by atomic mass is 9.88. The van der Waals surface area contributed by atoms with Gasteiger partial charge in [0.25, 0.3) is 5.91 Å². The second-order valence-electron chi connectivity index (χ2n) is 12.1. The summed E-state index contributed by atoms with van der Waals surface area (Å²) in [5, 5.41) is 5.89. The Morgan fingerprint density at radius 1 is 1.04 bits per heavy atom. The minimum absolute atomic E-state index is 0.0458. The Bertz CT molecular complexity index is 2520. The number of imidazole rings is 1. The van der Waals surface area contributed by atoms with Crippen LogP contribution in [0.25, 0.3) is 33.5 Å². The molecule has 7 heterocycles. The zero-order chi connectivity index (χ0) is 35.2. The van der Waals surface area contributed by atoms with Gasteiger partial charge in [0.05, 0.1) is 42.6 Å². The van der Waals surface area contributed by atoms with Crippen LogP contribution in [0.4, 0.5) is 11.4 Å². The van der Waals surface area contributed by atoms with Crippen molar-refractivity contribution in [1.82, 2.24) is 39.7 Å². The molecule has 15 nitrogen and oxygen atoms in total. The smallest absolute Gasteiger partial charge is 0.329 e. The van der Waals surface area contributed by atoms with Gasteiger partial charge in [-0.05, 0) is 42.2 Å². The van der Waals surface area contributed by atoms with Crippen molar-refractivity contribution in [2.75, 3.05) is 24.6 Å². The van der Waals surface area contributed by atoms with Crippen molar-refractivity contribution in [3.8, 4) is 29.1 Å². The van der Waals surface area contributed by atoms with Gasteiger partial charge in [-0.3, -0.25) is 33.8 Å². The Morgan fingerprint density at radius 3 is 2.75 bits per heavy atom. The quantitative estimate of drug-likeness (QED) is 0.202. The van der Waals surface area contributed by atoms with Crippen LogP contribution in [0.15, 0.2) is 70.3 Å². The number of carbonyl (C=O) groups excluding carboxylic acids is 3. The van der Waals surface area contributed by atoms with Crippen LogP contribution in [-0.2, 0) is 23.7 Å². The molecule has 0 aliphatic carbocycles. The fourth-order valence-electron chi connectivity index (χ4n) is 6.37. The average Bonchev–Trinajstić information content (AvgIpc) is 3.67. The summed E-state index contributed by atoms with van der Waals surface area (Å²) in [4.78, 5) is 69.2. The molecule has 6 aromatic rings. The van der Waals surface area contributed by atoms with Crippen LogP contribution < -0.4 is 26.0 Å². The molecule has 2 N–H and O–H groups in total. The van der Waals surface area contributed by atoms with Crippen LogP contribution in [0.2, 0.25) is 0 Å². The SMILES string of the molecule is Cn1c(=O)n(C)c2ncc(N3CCOc4nc(-c5ccc(C(=O)NCC#Cc6cc7c(C8CCC(=O)NC8=O)cccc7o6)nc5)ncc43)cc21. The maximum Gasteiger partial charge on any atom is 0.329 e. The zero-order valence-corrected chi connectivity index (χ0v) is 27.5. The van der Waals surface area contributed by atoms with Crippen molar-refractivity contribution < 1.29 is 23.5 Å². The lowest BCUT2D eigenvalue weighted by Crippen LogP contribution is -2.39. The molecule has 1 atom stereocenters. The zero-order valence-electron chi connectivity index (χ0n) is 27.5. The molecule has 1 fully saturated rings. The topological polar surface area (TPSA) is 179 Å². The molecule has 8 rings (SSSR count). The number of aromatic nitrogens is 6. The van der Waals surface area contributed by atoms with Crippen molar-refractivity contribution in [3.63, 3.8) is 0 Å². The Balaban J connectivity index is 0.927. The van der Waals surface area contributed by atoms with Gasteiger partial charge in [0.2, 0.25) is 17.7 Å². The summed E-state index contributed by atoms with van der Waals surface area (Å²) in [5.41, 5.74) is 4.74. The number of nitrogens with zero attached hydrogens (tertiary/aromatic N) is 7. The summed E-state index contributed by atoms with van der Waals surface area (Å²) in [6, 6.07) is 12.4. The van der Waals surface area contributed by atoms with Gasteiger partial charge in [-0.15, -0.1) is 0 Å². The number of anilines is 2. The van der Waals surface area contributed by atoms with Crippen molar-refractivity contribution in [3.05, 3.63) is 88.6 Å². The summed E-state index contributed by atoms with van der Waals surface area (Å²) in [6.07, 6.45) is 5.61. The fourth-order valence-corrected chi connectivity index (χ4v) is 6.37. The molecular weight excluding hydrogens is 654 g/mol. The van der Waals surface area contributed by atoms with E-state index in [1.54, 1.807) is 61.4 Å². The summed E-state index contributed by atoms with van der Waals surface area (Å²) in [6.45, 7) is 0.975. The van der Waals surface area contributed by atoms with Gasteiger partial charge in [0, 0.05) is 43.7 Å². The van der Waals surface area contributed by atoms with Crippen molar-refractivity contribution in [2.24, 2.45) is 14.1 Å². The molecule has 2 aliphatic rings. The first kappa shape index (κ1) is 31.4. The van der Waals surface area contributed by atoms with E-state index in [9.17, 15) is 19.2 Å². The third kappa shape index (κ3) is 5.72. The number of aryl methyl sites for hydroxylation is 2. The van der Waals surface area contributed by atoms with Gasteiger partial charge in [0.1, 0.15) is 23.6 Å².